The van der Waals surface area contributed by atoms with E-state index in [-0.39, 0.29) is 0 Å². The first-order chi connectivity index (χ1) is 8.07. The van der Waals surface area contributed by atoms with Crippen molar-refractivity contribution >= 4 is 27.1 Å². The van der Waals surface area contributed by atoms with Gasteiger partial charge < -0.3 is 10.6 Å². The normalized spacial score (nSPS) is 12.2. The van der Waals surface area contributed by atoms with Crippen LogP contribution >= 0.6 is 0 Å². The van der Waals surface area contributed by atoms with E-state index in [2.05, 4.69) is 0 Å². The van der Waals surface area contributed by atoms with Crippen LogP contribution in [0.3, 0.4) is 0 Å². The first-order valence-electron chi connectivity index (χ1n) is 5.40. The third-order valence-electron chi connectivity index (χ3n) is 3.00. The Balaban J connectivity index is 3.13. The number of anilines is 2. The zero-order valence-electron chi connectivity index (χ0n) is 11.0. The summed E-state index contributed by atoms with van der Waals surface area (Å²) >= 11 is 0. The first kappa shape index (κ1) is 14.5. The summed E-state index contributed by atoms with van der Waals surface area (Å²) in [6, 6.07) is 6.73. The maximum absolute atomic E-state index is 12.2. The molecule has 0 radical (unpaired) electrons. The molecule has 1 amide bonds. The summed E-state index contributed by atoms with van der Waals surface area (Å²) in [6.45, 7) is 2.79. The summed E-state index contributed by atoms with van der Waals surface area (Å²) in [4.78, 5) is 13.5. The summed E-state index contributed by atoms with van der Waals surface area (Å²) in [6.07, 6.45) is 1.05. The lowest BCUT2D eigenvalue weighted by Gasteiger charge is -2.28. The average Bonchev–Trinajstić information content (AvgIpc) is 2.25. The fourth-order valence-electron chi connectivity index (χ4n) is 1.41. The molecule has 6 heteroatoms. The number of nitrogens with zero attached hydrogens (tertiary/aromatic N) is 1. The molecule has 0 atom stereocenters. The first-order valence-corrected chi connectivity index (χ1v) is 7.30. The van der Waals surface area contributed by atoms with Crippen molar-refractivity contribution in [3.05, 3.63) is 24.3 Å². The Labute approximate surface area is 108 Å². The Hall–Kier alpha value is -1.56. The van der Waals surface area contributed by atoms with Crippen molar-refractivity contribution in [1.29, 1.82) is 0 Å². The fourth-order valence-corrected chi connectivity index (χ4v) is 1.87. The van der Waals surface area contributed by atoms with Gasteiger partial charge in [0.25, 0.3) is 0 Å². The molecule has 0 fully saturated rings. The van der Waals surface area contributed by atoms with Crippen LogP contribution in [0.15, 0.2) is 24.3 Å². The molecule has 0 saturated heterocycles. The van der Waals surface area contributed by atoms with Crippen molar-refractivity contribution in [2.75, 3.05) is 23.9 Å². The van der Waals surface area contributed by atoms with Crippen LogP contribution in [0, 0.1) is 0 Å². The fraction of sp³-hybridized carbons (Fsp3) is 0.417. The second-order valence-corrected chi connectivity index (χ2v) is 7.31. The molecule has 0 aliphatic carbocycles. The van der Waals surface area contributed by atoms with Crippen LogP contribution in [0.2, 0.25) is 0 Å². The van der Waals surface area contributed by atoms with Gasteiger partial charge in [-0.1, -0.05) is 6.07 Å². The molecule has 5 nitrogen and oxygen atoms in total. The topological polar surface area (TPSA) is 80.5 Å². The predicted molar refractivity (Wildman–Crippen MR) is 73.2 cm³/mol. The summed E-state index contributed by atoms with van der Waals surface area (Å²) in [5.41, 5.74) is 6.72. The molecule has 0 aliphatic rings. The smallest absolute Gasteiger partial charge is 0.247 e. The van der Waals surface area contributed by atoms with Crippen LogP contribution in [0.4, 0.5) is 11.4 Å². The van der Waals surface area contributed by atoms with Gasteiger partial charge in [-0.05, 0) is 32.0 Å². The number of sulfone groups is 1. The van der Waals surface area contributed by atoms with Gasteiger partial charge in [0.05, 0.1) is 0 Å². The van der Waals surface area contributed by atoms with Crippen LogP contribution in [-0.4, -0.2) is 32.4 Å². The van der Waals surface area contributed by atoms with E-state index in [0.29, 0.717) is 11.4 Å². The molecule has 0 aliphatic heterocycles. The highest BCUT2D eigenvalue weighted by Gasteiger charge is 2.40. The minimum Gasteiger partial charge on any atom is -0.399 e. The van der Waals surface area contributed by atoms with Crippen LogP contribution in [-0.2, 0) is 14.6 Å². The molecule has 0 aromatic heterocycles. The van der Waals surface area contributed by atoms with Crippen LogP contribution in [0.5, 0.6) is 0 Å². The third kappa shape index (κ3) is 2.64. The molecular weight excluding hydrogens is 252 g/mol. The standard InChI is InChI=1S/C12H18N2O3S/c1-12(2,18(4,16)17)11(15)14(3)10-7-5-6-9(13)8-10/h5-8H,13H2,1-4H3. The van der Waals surface area contributed by atoms with Gasteiger partial charge in [-0.2, -0.15) is 0 Å². The van der Waals surface area contributed by atoms with E-state index in [1.807, 2.05) is 0 Å². The predicted octanol–water partition coefficient (Wildman–Crippen LogP) is 1.05. The van der Waals surface area contributed by atoms with Gasteiger partial charge in [0.2, 0.25) is 5.91 Å². The van der Waals surface area contributed by atoms with E-state index in [4.69, 9.17) is 5.73 Å². The summed E-state index contributed by atoms with van der Waals surface area (Å²) in [5, 5.41) is 0. The molecule has 100 valence electrons. The van der Waals surface area contributed by atoms with Gasteiger partial charge >= 0.3 is 0 Å². The van der Waals surface area contributed by atoms with Crippen LogP contribution < -0.4 is 10.6 Å². The van der Waals surface area contributed by atoms with Gasteiger partial charge in [-0.3, -0.25) is 4.79 Å². The molecule has 2 N–H and O–H groups in total. The second kappa shape index (κ2) is 4.61. The number of nitrogen functional groups attached to an aromatic ring is 1. The van der Waals surface area contributed by atoms with Crippen LogP contribution in [0.25, 0.3) is 0 Å². The monoisotopic (exact) mass is 270 g/mol. The summed E-state index contributed by atoms with van der Waals surface area (Å²) < 4.78 is 21.8. The largest absolute Gasteiger partial charge is 0.399 e. The molecule has 0 unspecified atom stereocenters. The number of nitrogens with two attached hydrogens (primary N) is 1. The Morgan fingerprint density at radius 1 is 1.33 bits per heavy atom. The van der Waals surface area contributed by atoms with Crippen molar-refractivity contribution < 1.29 is 13.2 Å². The maximum atomic E-state index is 12.2. The van der Waals surface area contributed by atoms with Gasteiger partial charge in [0.15, 0.2) is 9.84 Å². The summed E-state index contributed by atoms with van der Waals surface area (Å²) in [7, 11) is -1.96. The molecule has 18 heavy (non-hydrogen) atoms. The Morgan fingerprint density at radius 3 is 2.33 bits per heavy atom. The number of rotatable bonds is 3. The molecule has 1 aromatic carbocycles. The lowest BCUT2D eigenvalue weighted by Crippen LogP contribution is -2.48. The molecule has 0 spiro atoms. The zero-order chi connectivity index (χ0) is 14.1. The second-order valence-electron chi connectivity index (χ2n) is 4.74. The minimum atomic E-state index is -3.49. The van der Waals surface area contributed by atoms with E-state index in [1.54, 1.807) is 24.3 Å². The average molecular weight is 270 g/mol. The molecular formula is C12H18N2O3S. The Bertz CT molecular complexity index is 564. The van der Waals surface area contributed by atoms with E-state index in [9.17, 15) is 13.2 Å². The maximum Gasteiger partial charge on any atom is 0.247 e. The molecule has 0 saturated carbocycles. The minimum absolute atomic E-state index is 0.490. The van der Waals surface area contributed by atoms with Crippen LogP contribution in [0.1, 0.15) is 13.8 Å². The Morgan fingerprint density at radius 2 is 1.89 bits per heavy atom. The van der Waals surface area contributed by atoms with E-state index in [0.717, 1.165) is 6.26 Å². The summed E-state index contributed by atoms with van der Waals surface area (Å²) in [5.74, 6) is -0.490. The van der Waals surface area contributed by atoms with Gasteiger partial charge in [-0.15, -0.1) is 0 Å². The van der Waals surface area contributed by atoms with E-state index >= 15 is 0 Å². The molecule has 0 heterocycles. The van der Waals surface area contributed by atoms with Crippen molar-refractivity contribution in [1.82, 2.24) is 0 Å². The molecule has 0 bridgehead atoms. The Kier molecular flexibility index (Phi) is 3.71. The van der Waals surface area contributed by atoms with Gasteiger partial charge in [-0.25, -0.2) is 8.42 Å². The number of hydrogen-bond acceptors (Lipinski definition) is 4. The third-order valence-corrected chi connectivity index (χ3v) is 5.03. The number of amides is 1. The lowest BCUT2D eigenvalue weighted by atomic mass is 10.1. The quantitative estimate of drug-likeness (QED) is 0.833. The van der Waals surface area contributed by atoms with Crippen molar-refractivity contribution in [3.63, 3.8) is 0 Å². The highest BCUT2D eigenvalue weighted by molar-refractivity contribution is 7.92. The van der Waals surface area contributed by atoms with Gasteiger partial charge in [0.1, 0.15) is 4.75 Å². The molecule has 1 aromatic rings. The highest BCUT2D eigenvalue weighted by Crippen LogP contribution is 2.23. The van der Waals surface area contributed by atoms with Crippen molar-refractivity contribution in [3.8, 4) is 0 Å². The van der Waals surface area contributed by atoms with Crippen molar-refractivity contribution in [2.24, 2.45) is 0 Å². The SMILES string of the molecule is CN(C(=O)C(C)(C)S(C)(=O)=O)c1cccc(N)c1. The van der Waals surface area contributed by atoms with E-state index < -0.39 is 20.5 Å². The van der Waals surface area contributed by atoms with Crippen molar-refractivity contribution in [2.45, 2.75) is 18.6 Å². The van der Waals surface area contributed by atoms with Gasteiger partial charge in [0, 0.05) is 24.7 Å². The van der Waals surface area contributed by atoms with E-state index in [1.165, 1.54) is 25.8 Å². The number of carbonyl (C=O) groups excluding carboxylic acids is 1. The zero-order valence-corrected chi connectivity index (χ0v) is 11.8. The lowest BCUT2D eigenvalue weighted by molar-refractivity contribution is -0.120. The highest BCUT2D eigenvalue weighted by atomic mass is 32.2. The number of carbonyl (C=O) groups is 1. The number of hydrogen-bond donors (Lipinski definition) is 1. The number of benzene rings is 1. The molecule has 1 rings (SSSR count).